The molecule has 0 fully saturated rings. The predicted molar refractivity (Wildman–Crippen MR) is 72.9 cm³/mol. The van der Waals surface area contributed by atoms with Crippen molar-refractivity contribution in [3.63, 3.8) is 0 Å². The van der Waals surface area contributed by atoms with Crippen LogP contribution in [-0.4, -0.2) is 24.7 Å². The van der Waals surface area contributed by atoms with Crippen LogP contribution in [0, 0.1) is 12.7 Å². The van der Waals surface area contributed by atoms with Crippen LogP contribution in [-0.2, 0) is 0 Å². The van der Waals surface area contributed by atoms with Crippen molar-refractivity contribution in [1.29, 1.82) is 0 Å². The van der Waals surface area contributed by atoms with Gasteiger partial charge in [-0.25, -0.2) is 4.39 Å². The van der Waals surface area contributed by atoms with Crippen molar-refractivity contribution in [3.05, 3.63) is 35.9 Å². The summed E-state index contributed by atoms with van der Waals surface area (Å²) in [5.41, 5.74) is 0.748. The van der Waals surface area contributed by atoms with Gasteiger partial charge in [0.2, 0.25) is 0 Å². The van der Waals surface area contributed by atoms with E-state index < -0.39 is 17.7 Å². The van der Waals surface area contributed by atoms with Crippen molar-refractivity contribution in [2.24, 2.45) is 4.99 Å². The Balaban J connectivity index is 2.25. The van der Waals surface area contributed by atoms with E-state index in [1.54, 1.807) is 24.2 Å². The van der Waals surface area contributed by atoms with Gasteiger partial charge in [0.1, 0.15) is 5.82 Å². The molecular weight excluding hydrogens is 292 g/mol. The van der Waals surface area contributed by atoms with Gasteiger partial charge in [-0.15, -0.1) is 11.8 Å². The normalized spacial score (nSPS) is 14.9. The molecule has 1 aromatic carbocycles. The number of aryl methyl sites for hydroxylation is 1. The quantitative estimate of drug-likeness (QED) is 0.616. The minimum absolute atomic E-state index is 0.252. The highest BCUT2D eigenvalue weighted by atomic mass is 32.2. The molecule has 1 aliphatic rings. The van der Waals surface area contributed by atoms with Gasteiger partial charge in [-0.05, 0) is 24.6 Å². The number of nitrogens with zero attached hydrogens (tertiary/aromatic N) is 2. The van der Waals surface area contributed by atoms with Crippen molar-refractivity contribution in [2.45, 2.75) is 18.0 Å². The molecule has 1 heterocycles. The average Bonchev–Trinajstić information content (AvgIpc) is 2.37. The molecule has 0 saturated heterocycles. The van der Waals surface area contributed by atoms with Gasteiger partial charge >= 0.3 is 6.18 Å². The van der Waals surface area contributed by atoms with E-state index in [1.165, 1.54) is 18.3 Å². The van der Waals surface area contributed by atoms with Gasteiger partial charge in [-0.2, -0.15) is 13.2 Å². The summed E-state index contributed by atoms with van der Waals surface area (Å²) in [6.07, 6.45) is 0.447. The fourth-order valence-corrected chi connectivity index (χ4v) is 2.53. The van der Waals surface area contributed by atoms with Crippen LogP contribution < -0.4 is 4.90 Å². The van der Waals surface area contributed by atoms with Crippen LogP contribution in [0.2, 0.25) is 0 Å². The summed E-state index contributed by atoms with van der Waals surface area (Å²) >= 11 is 0.665. The summed E-state index contributed by atoms with van der Waals surface area (Å²) in [5, 5.41) is 0. The molecular formula is C13H12F4N2S. The molecule has 0 bridgehead atoms. The minimum atomic E-state index is -4.25. The molecule has 0 spiro atoms. The third-order valence-electron chi connectivity index (χ3n) is 2.66. The van der Waals surface area contributed by atoms with Crippen molar-refractivity contribution < 1.29 is 17.6 Å². The third-order valence-corrected chi connectivity index (χ3v) is 3.88. The van der Waals surface area contributed by atoms with Crippen LogP contribution >= 0.6 is 11.8 Å². The highest BCUT2D eigenvalue weighted by molar-refractivity contribution is 7.99. The van der Waals surface area contributed by atoms with Crippen LogP contribution in [0.4, 0.5) is 23.2 Å². The number of alkyl halides is 3. The molecule has 0 radical (unpaired) electrons. The molecule has 2 rings (SSSR count). The number of anilines is 1. The molecule has 0 amide bonds. The van der Waals surface area contributed by atoms with E-state index >= 15 is 0 Å². The second-order valence-electron chi connectivity index (χ2n) is 4.26. The molecule has 108 valence electrons. The molecule has 20 heavy (non-hydrogen) atoms. The van der Waals surface area contributed by atoms with E-state index in [4.69, 9.17) is 0 Å². The molecule has 7 heteroatoms. The molecule has 0 saturated carbocycles. The Labute approximate surface area is 118 Å². The first-order valence-corrected chi connectivity index (χ1v) is 6.80. The average molecular weight is 304 g/mol. The van der Waals surface area contributed by atoms with E-state index in [0.717, 1.165) is 0 Å². The first-order chi connectivity index (χ1) is 9.37. The Hall–Kier alpha value is -1.50. The minimum Gasteiger partial charge on any atom is -0.339 e. The Morgan fingerprint density at radius 3 is 2.70 bits per heavy atom. The lowest BCUT2D eigenvalue weighted by Gasteiger charge is -2.22. The Morgan fingerprint density at radius 2 is 2.10 bits per heavy atom. The smallest absolute Gasteiger partial charge is 0.339 e. The van der Waals surface area contributed by atoms with Crippen LogP contribution in [0.25, 0.3) is 0 Å². The lowest BCUT2D eigenvalue weighted by atomic mass is 10.2. The highest BCUT2D eigenvalue weighted by Gasteiger charge is 2.28. The molecule has 0 atom stereocenters. The van der Waals surface area contributed by atoms with E-state index in [9.17, 15) is 17.6 Å². The fourth-order valence-electron chi connectivity index (χ4n) is 1.73. The topological polar surface area (TPSA) is 15.6 Å². The molecule has 0 unspecified atom stereocenters. The summed E-state index contributed by atoms with van der Waals surface area (Å²) in [6, 6.07) is 2.71. The van der Waals surface area contributed by atoms with Gasteiger partial charge in [0.05, 0.1) is 18.0 Å². The molecule has 1 aromatic rings. The summed E-state index contributed by atoms with van der Waals surface area (Å²) in [5.74, 6) is -1.45. The van der Waals surface area contributed by atoms with Gasteiger partial charge < -0.3 is 4.90 Å². The Kier molecular flexibility index (Phi) is 4.37. The number of aliphatic imine (C=N–C) groups is 1. The lowest BCUT2D eigenvalue weighted by molar-refractivity contribution is -0.105. The van der Waals surface area contributed by atoms with Crippen LogP contribution in [0.5, 0.6) is 0 Å². The molecule has 1 aliphatic heterocycles. The Bertz CT molecular complexity index is 552. The predicted octanol–water partition coefficient (Wildman–Crippen LogP) is 4.15. The fraction of sp³-hybridized carbons (Fsp3) is 0.308. The lowest BCUT2D eigenvalue weighted by Crippen LogP contribution is -2.21. The monoisotopic (exact) mass is 304 g/mol. The van der Waals surface area contributed by atoms with Crippen molar-refractivity contribution in [2.75, 3.05) is 17.2 Å². The van der Waals surface area contributed by atoms with Gasteiger partial charge in [0, 0.05) is 23.5 Å². The Morgan fingerprint density at radius 1 is 1.35 bits per heavy atom. The molecule has 2 nitrogen and oxygen atoms in total. The number of rotatable bonds is 3. The van der Waals surface area contributed by atoms with Gasteiger partial charge in [-0.3, -0.25) is 4.99 Å². The number of thioether (sulfide) groups is 1. The van der Waals surface area contributed by atoms with Crippen LogP contribution in [0.1, 0.15) is 5.56 Å². The zero-order chi connectivity index (χ0) is 14.8. The van der Waals surface area contributed by atoms with E-state index in [-0.39, 0.29) is 5.69 Å². The van der Waals surface area contributed by atoms with Crippen LogP contribution in [0.3, 0.4) is 0 Å². The summed E-state index contributed by atoms with van der Waals surface area (Å²) in [6.45, 7) is 1.99. The molecule has 0 aliphatic carbocycles. The maximum atomic E-state index is 13.9. The first kappa shape index (κ1) is 14.9. The van der Waals surface area contributed by atoms with Crippen molar-refractivity contribution in [3.8, 4) is 0 Å². The zero-order valence-corrected chi connectivity index (χ0v) is 11.4. The number of hydrogen-bond acceptors (Lipinski definition) is 3. The van der Waals surface area contributed by atoms with Gasteiger partial charge in [0.15, 0.2) is 0 Å². The summed E-state index contributed by atoms with van der Waals surface area (Å²) in [4.78, 5) is 5.89. The number of hydrogen-bond donors (Lipinski definition) is 0. The largest absolute Gasteiger partial charge is 0.398 e. The summed E-state index contributed by atoms with van der Waals surface area (Å²) in [7, 11) is 0. The van der Waals surface area contributed by atoms with E-state index in [0.29, 0.717) is 28.8 Å². The van der Waals surface area contributed by atoms with Gasteiger partial charge in [0.25, 0.3) is 0 Å². The van der Waals surface area contributed by atoms with E-state index in [1.807, 2.05) is 0 Å². The van der Waals surface area contributed by atoms with Crippen molar-refractivity contribution in [1.82, 2.24) is 0 Å². The second kappa shape index (κ2) is 5.87. The SMILES string of the molecule is Cc1cc(F)c(N2C=CN=CC2)cc1SCC(F)(F)F. The third kappa shape index (κ3) is 3.75. The number of benzene rings is 1. The maximum Gasteiger partial charge on any atom is 0.398 e. The zero-order valence-electron chi connectivity index (χ0n) is 10.6. The highest BCUT2D eigenvalue weighted by Crippen LogP contribution is 2.33. The van der Waals surface area contributed by atoms with Crippen LogP contribution in [0.15, 0.2) is 34.4 Å². The second-order valence-corrected chi connectivity index (χ2v) is 5.27. The standard InChI is InChI=1S/C13H12F4N2S/c1-9-6-10(14)11(19-4-2-18-3-5-19)7-12(9)20-8-13(15,16)17/h2-4,6-7H,5,8H2,1H3. The molecule has 0 N–H and O–H groups in total. The molecule has 0 aromatic heterocycles. The van der Waals surface area contributed by atoms with Crippen molar-refractivity contribution >= 4 is 23.7 Å². The van der Waals surface area contributed by atoms with Gasteiger partial charge in [-0.1, -0.05) is 0 Å². The first-order valence-electron chi connectivity index (χ1n) is 5.81. The summed E-state index contributed by atoms with van der Waals surface area (Å²) < 4.78 is 50.8. The van der Waals surface area contributed by atoms with E-state index in [2.05, 4.69) is 4.99 Å². The maximum absolute atomic E-state index is 13.9. The number of halogens is 4.